The number of hydrogen-bond acceptors (Lipinski definition) is 13. The summed E-state index contributed by atoms with van der Waals surface area (Å²) in [6.45, 7) is 11.9. The van der Waals surface area contributed by atoms with Crippen LogP contribution in [0.25, 0.3) is 38.8 Å². The molecular weight excluding hydrogens is 840 g/mol. The van der Waals surface area contributed by atoms with Crippen molar-refractivity contribution < 1.29 is 51.1 Å². The summed E-state index contributed by atoms with van der Waals surface area (Å²) in [6, 6.07) is 13.1. The number of amides is 1. The fourth-order valence-electron chi connectivity index (χ4n) is 7.02. The number of alkyl halides is 3. The number of pyridine rings is 2. The average molecular weight is 900 g/mol. The normalized spacial score (nSPS) is 13.1. The van der Waals surface area contributed by atoms with Crippen molar-refractivity contribution in [2.75, 3.05) is 124 Å². The molecule has 3 aromatic heterocycles. The number of aryl methyl sites for hydroxylation is 1. The molecule has 350 valence electrons. The number of hydrogen-bond donors (Lipinski definition) is 1. The first-order valence-corrected chi connectivity index (χ1v) is 21.4. The van der Waals surface area contributed by atoms with Crippen molar-refractivity contribution in [2.24, 2.45) is 12.8 Å². The zero-order chi connectivity index (χ0) is 45.9. The second kappa shape index (κ2) is 25.4. The summed E-state index contributed by atoms with van der Waals surface area (Å²) in [4.78, 5) is 38.6. The third-order valence-electron chi connectivity index (χ3n) is 10.3. The lowest BCUT2D eigenvalue weighted by Crippen LogP contribution is -2.49. The summed E-state index contributed by atoms with van der Waals surface area (Å²) in [6.07, 6.45) is -1.33. The molecule has 0 bridgehead atoms. The van der Waals surface area contributed by atoms with E-state index in [0.717, 1.165) is 23.8 Å². The Kier molecular flexibility index (Phi) is 19.8. The molecule has 64 heavy (non-hydrogen) atoms. The van der Waals surface area contributed by atoms with Crippen molar-refractivity contribution in [1.29, 1.82) is 0 Å². The van der Waals surface area contributed by atoms with Crippen LogP contribution in [0.4, 0.5) is 18.9 Å². The SMILES string of the molecule is CCOCCOCCOCCC(=O)N1CCN(c2ccc(-n3c(=O)n(C)c4cnc5ccc(-c6ccc(OC)nc6)cc5c43)cc2C(F)(F)F)CC1.CCOCCOCCOCCN. The number of ether oxygens (including phenoxy) is 7. The van der Waals surface area contributed by atoms with Crippen LogP contribution < -0.4 is 21.1 Å². The number of rotatable bonds is 23. The number of halogens is 3. The minimum absolute atomic E-state index is 0.00915. The summed E-state index contributed by atoms with van der Waals surface area (Å²) in [5, 5.41) is 0.596. The van der Waals surface area contributed by atoms with E-state index in [1.165, 1.54) is 28.4 Å². The fourth-order valence-corrected chi connectivity index (χ4v) is 7.02. The zero-order valence-corrected chi connectivity index (χ0v) is 37.1. The van der Waals surface area contributed by atoms with Gasteiger partial charge in [0.25, 0.3) is 0 Å². The number of nitrogens with zero attached hydrogens (tertiary/aromatic N) is 6. The van der Waals surface area contributed by atoms with E-state index in [4.69, 9.17) is 38.9 Å². The number of carbonyl (C=O) groups is 1. The van der Waals surface area contributed by atoms with E-state index in [1.54, 1.807) is 41.4 Å². The number of fused-ring (bicyclic) bond motifs is 3. The third-order valence-corrected chi connectivity index (χ3v) is 10.3. The van der Waals surface area contributed by atoms with E-state index in [1.807, 2.05) is 32.0 Å². The lowest BCUT2D eigenvalue weighted by atomic mass is 10.0. The number of piperazine rings is 1. The average Bonchev–Trinajstić information content (AvgIpc) is 3.57. The number of benzene rings is 2. The zero-order valence-electron chi connectivity index (χ0n) is 37.1. The molecule has 1 aliphatic rings. The Morgan fingerprint density at radius 3 is 1.92 bits per heavy atom. The maximum atomic E-state index is 14.7. The second-order valence-corrected chi connectivity index (χ2v) is 14.4. The standard InChI is InChI=1S/C37H41F3N6O6.C8H19NO3/c1-4-50-17-18-52-20-19-51-16-11-34(47)45-14-12-44(13-15-45)31-9-7-27(22-29(31)37(38,39)40)46-35-28-21-25(26-6-10-33(49-3)42-23-26)5-8-30(28)41-24-32(35)43(2)36(46)48;1-2-10-5-6-12-8-7-11-4-3-9/h5-10,21-24H,4,11-20H2,1-3H3;2-9H2,1H3. The van der Waals surface area contributed by atoms with Crippen molar-refractivity contribution in [3.05, 3.63) is 77.0 Å². The largest absolute Gasteiger partial charge is 0.481 e. The smallest absolute Gasteiger partial charge is 0.418 e. The van der Waals surface area contributed by atoms with Gasteiger partial charge in [0.05, 0.1) is 114 Å². The van der Waals surface area contributed by atoms with Crippen LogP contribution in [0.3, 0.4) is 0 Å². The van der Waals surface area contributed by atoms with E-state index in [0.29, 0.717) is 100 Å². The van der Waals surface area contributed by atoms with Crippen LogP contribution in [0.2, 0.25) is 0 Å². The van der Waals surface area contributed by atoms with Gasteiger partial charge in [0.1, 0.15) is 0 Å². The summed E-state index contributed by atoms with van der Waals surface area (Å²) in [5.74, 6) is 0.337. The molecule has 0 spiro atoms. The lowest BCUT2D eigenvalue weighted by molar-refractivity contribution is -0.137. The summed E-state index contributed by atoms with van der Waals surface area (Å²) in [7, 11) is 3.09. The molecule has 19 heteroatoms. The van der Waals surface area contributed by atoms with Gasteiger partial charge in [-0.05, 0) is 55.8 Å². The van der Waals surface area contributed by atoms with Gasteiger partial charge in [0, 0.05) is 81.9 Å². The number of methoxy groups -OCH3 is 1. The van der Waals surface area contributed by atoms with Crippen LogP contribution in [0.5, 0.6) is 5.88 Å². The highest BCUT2D eigenvalue weighted by Gasteiger charge is 2.37. The van der Waals surface area contributed by atoms with E-state index in [2.05, 4.69) is 9.97 Å². The maximum absolute atomic E-state index is 14.7. The van der Waals surface area contributed by atoms with Gasteiger partial charge in [-0.1, -0.05) is 6.07 Å². The molecule has 0 radical (unpaired) electrons. The molecule has 6 rings (SSSR count). The first-order chi connectivity index (χ1) is 31.0. The Bertz CT molecular complexity index is 2250. The molecule has 5 aromatic rings. The van der Waals surface area contributed by atoms with Gasteiger partial charge in [-0.25, -0.2) is 9.78 Å². The van der Waals surface area contributed by atoms with Crippen LogP contribution in [-0.4, -0.2) is 149 Å². The molecule has 1 amide bonds. The van der Waals surface area contributed by atoms with Gasteiger partial charge in [0.2, 0.25) is 11.8 Å². The molecule has 0 saturated carbocycles. The molecule has 4 heterocycles. The maximum Gasteiger partial charge on any atom is 0.418 e. The molecule has 0 unspecified atom stereocenters. The number of imidazole rings is 1. The summed E-state index contributed by atoms with van der Waals surface area (Å²) in [5.41, 5.74) is 6.97. The van der Waals surface area contributed by atoms with Crippen LogP contribution >= 0.6 is 0 Å². The van der Waals surface area contributed by atoms with Crippen molar-refractivity contribution in [2.45, 2.75) is 26.4 Å². The molecule has 2 aromatic carbocycles. The molecule has 0 aliphatic carbocycles. The van der Waals surface area contributed by atoms with Crippen molar-refractivity contribution >= 4 is 33.5 Å². The molecular formula is C45H60F3N7O9. The van der Waals surface area contributed by atoms with E-state index in [-0.39, 0.29) is 56.5 Å². The minimum atomic E-state index is -4.71. The number of anilines is 1. The quantitative estimate of drug-likeness (QED) is 0.0863. The number of aromatic nitrogens is 4. The van der Waals surface area contributed by atoms with E-state index >= 15 is 0 Å². The van der Waals surface area contributed by atoms with E-state index < -0.39 is 17.4 Å². The van der Waals surface area contributed by atoms with Gasteiger partial charge >= 0.3 is 11.9 Å². The number of carbonyl (C=O) groups excluding carboxylic acids is 1. The Morgan fingerprint density at radius 1 is 0.734 bits per heavy atom. The Balaban J connectivity index is 0.000000562. The van der Waals surface area contributed by atoms with Crippen LogP contribution in [0.1, 0.15) is 25.8 Å². The van der Waals surface area contributed by atoms with Gasteiger partial charge in [-0.3, -0.25) is 18.9 Å². The molecule has 2 N–H and O–H groups in total. The minimum Gasteiger partial charge on any atom is -0.481 e. The Hall–Kier alpha value is -5.15. The Labute approximate surface area is 370 Å². The van der Waals surface area contributed by atoms with Crippen molar-refractivity contribution in [3.63, 3.8) is 0 Å². The fraction of sp³-hybridized carbons (Fsp3) is 0.511. The third kappa shape index (κ3) is 13.7. The molecule has 0 atom stereocenters. The summed E-state index contributed by atoms with van der Waals surface area (Å²) >= 11 is 0. The molecule has 16 nitrogen and oxygen atoms in total. The van der Waals surface area contributed by atoms with Gasteiger partial charge in [-0.15, -0.1) is 0 Å². The van der Waals surface area contributed by atoms with Gasteiger partial charge < -0.3 is 48.7 Å². The van der Waals surface area contributed by atoms with Gasteiger partial charge in [0.15, 0.2) is 0 Å². The molecule has 1 saturated heterocycles. The first kappa shape index (κ1) is 49.9. The van der Waals surface area contributed by atoms with Crippen molar-refractivity contribution in [1.82, 2.24) is 24.0 Å². The first-order valence-electron chi connectivity index (χ1n) is 21.4. The number of nitrogens with two attached hydrogens (primary N) is 1. The highest BCUT2D eigenvalue weighted by Crippen LogP contribution is 2.39. The summed E-state index contributed by atoms with van der Waals surface area (Å²) < 4.78 is 83.5. The monoisotopic (exact) mass is 899 g/mol. The predicted octanol–water partition coefficient (Wildman–Crippen LogP) is 5.09. The van der Waals surface area contributed by atoms with E-state index in [9.17, 15) is 22.8 Å². The van der Waals surface area contributed by atoms with Crippen LogP contribution in [0, 0.1) is 0 Å². The topological polar surface area (TPSA) is 167 Å². The highest BCUT2D eigenvalue weighted by atomic mass is 19.4. The Morgan fingerprint density at radius 2 is 1.34 bits per heavy atom. The second-order valence-electron chi connectivity index (χ2n) is 14.4. The van der Waals surface area contributed by atoms with Crippen LogP contribution in [-0.2, 0) is 46.4 Å². The van der Waals surface area contributed by atoms with Gasteiger partial charge in [-0.2, -0.15) is 13.2 Å². The van der Waals surface area contributed by atoms with Crippen molar-refractivity contribution in [3.8, 4) is 22.7 Å². The predicted molar refractivity (Wildman–Crippen MR) is 237 cm³/mol. The molecule has 1 aliphatic heterocycles. The van der Waals surface area contributed by atoms with Crippen LogP contribution in [0.15, 0.2) is 65.7 Å². The lowest BCUT2D eigenvalue weighted by Gasteiger charge is -2.37. The highest BCUT2D eigenvalue weighted by molar-refractivity contribution is 6.04. The molecule has 1 fully saturated rings.